The van der Waals surface area contributed by atoms with Gasteiger partial charge in [-0.2, -0.15) is 8.78 Å². The highest BCUT2D eigenvalue weighted by molar-refractivity contribution is 9.10. The molecule has 1 amide bonds. The van der Waals surface area contributed by atoms with Gasteiger partial charge in [0, 0.05) is 22.5 Å². The number of ether oxygens (including phenoxy) is 1. The van der Waals surface area contributed by atoms with Crippen LogP contribution < -0.4 is 5.32 Å². The lowest BCUT2D eigenvalue weighted by Crippen LogP contribution is -2.32. The van der Waals surface area contributed by atoms with Gasteiger partial charge in [0.15, 0.2) is 0 Å². The van der Waals surface area contributed by atoms with Crippen molar-refractivity contribution in [3.05, 3.63) is 0 Å². The molecule has 7 heteroatoms. The van der Waals surface area contributed by atoms with Gasteiger partial charge >= 0.3 is 10.9 Å². The van der Waals surface area contributed by atoms with Crippen molar-refractivity contribution in [1.29, 1.82) is 0 Å². The first-order valence-corrected chi connectivity index (χ1v) is 9.53. The van der Waals surface area contributed by atoms with Gasteiger partial charge in [-0.1, -0.05) is 38.0 Å². The molecule has 0 bridgehead atoms. The lowest BCUT2D eigenvalue weighted by Gasteiger charge is -2.19. The smallest absolute Gasteiger partial charge is 0.407 e. The maximum Gasteiger partial charge on any atom is 0.407 e. The van der Waals surface area contributed by atoms with E-state index in [2.05, 4.69) is 27.2 Å². The molecule has 0 aromatic rings. The van der Waals surface area contributed by atoms with E-state index in [1.165, 1.54) is 0 Å². The molecule has 1 atom stereocenters. The summed E-state index contributed by atoms with van der Waals surface area (Å²) in [6.07, 6.45) is 5.88. The highest BCUT2D eigenvalue weighted by Gasteiger charge is 2.19. The molecule has 0 radical (unpaired) electrons. The maximum atomic E-state index is 12.4. The van der Waals surface area contributed by atoms with Crippen LogP contribution in [0.25, 0.3) is 0 Å². The Hall–Kier alpha value is -0.870. The Balaban J connectivity index is 3.45. The number of hydrogen-bond acceptors (Lipinski definition) is 3. The van der Waals surface area contributed by atoms with Crippen LogP contribution in [0.1, 0.15) is 72.1 Å². The minimum Gasteiger partial charge on any atom is -0.444 e. The second-order valence-electron chi connectivity index (χ2n) is 6.98. The number of amides is 1. The first kappa shape index (κ1) is 24.1. The van der Waals surface area contributed by atoms with Crippen molar-refractivity contribution in [2.45, 2.75) is 88.7 Å². The van der Waals surface area contributed by atoms with Crippen molar-refractivity contribution < 1.29 is 23.4 Å². The van der Waals surface area contributed by atoms with Gasteiger partial charge in [0.2, 0.25) is 0 Å². The monoisotopic (exact) mass is 425 g/mol. The zero-order chi connectivity index (χ0) is 19.3. The van der Waals surface area contributed by atoms with Crippen molar-refractivity contribution in [3.63, 3.8) is 0 Å². The zero-order valence-electron chi connectivity index (χ0n) is 15.3. The van der Waals surface area contributed by atoms with Crippen molar-refractivity contribution in [1.82, 2.24) is 5.32 Å². The standard InChI is InChI=1S/C18H30BrF2NO3/c1-17(2,3)25-16(24)22-14-10-8-6-4-5-7-9-11-15(23)12-13-18(19,20)21/h15,23H,4-11,14H2,1-3H3,(H,22,24). The summed E-state index contributed by atoms with van der Waals surface area (Å²) in [4.78, 5) is 8.18. The number of carbonyl (C=O) groups is 1. The fourth-order valence-corrected chi connectivity index (χ4v) is 2.20. The summed E-state index contributed by atoms with van der Waals surface area (Å²) in [6.45, 7) is 6.09. The molecule has 0 saturated carbocycles. The minimum absolute atomic E-state index is 0.383. The molecule has 0 aliphatic rings. The van der Waals surface area contributed by atoms with Crippen molar-refractivity contribution in [3.8, 4) is 11.8 Å². The van der Waals surface area contributed by atoms with Crippen molar-refractivity contribution in [2.24, 2.45) is 0 Å². The van der Waals surface area contributed by atoms with E-state index in [0.717, 1.165) is 44.9 Å². The number of alkyl halides is 3. The van der Waals surface area contributed by atoms with Crippen LogP contribution in [0.5, 0.6) is 0 Å². The molecule has 0 aromatic heterocycles. The quantitative estimate of drug-likeness (QED) is 0.294. The Bertz CT molecular complexity index is 436. The van der Waals surface area contributed by atoms with E-state index in [1.807, 2.05) is 20.8 Å². The van der Waals surface area contributed by atoms with E-state index < -0.39 is 16.5 Å². The van der Waals surface area contributed by atoms with Gasteiger partial charge in [0.1, 0.15) is 11.7 Å². The molecule has 0 aromatic carbocycles. The molecule has 0 saturated heterocycles. The van der Waals surface area contributed by atoms with E-state index >= 15 is 0 Å². The number of alkyl carbamates (subject to hydrolysis) is 1. The van der Waals surface area contributed by atoms with E-state index in [9.17, 15) is 18.7 Å². The third-order valence-corrected chi connectivity index (χ3v) is 3.40. The lowest BCUT2D eigenvalue weighted by molar-refractivity contribution is 0.0527. The Morgan fingerprint density at radius 2 is 1.64 bits per heavy atom. The average molecular weight is 426 g/mol. The highest BCUT2D eigenvalue weighted by Crippen LogP contribution is 2.19. The van der Waals surface area contributed by atoms with Crippen LogP contribution in [0.15, 0.2) is 0 Å². The van der Waals surface area contributed by atoms with Gasteiger partial charge in [0.25, 0.3) is 0 Å². The number of aliphatic hydroxyl groups is 1. The number of rotatable bonds is 10. The van der Waals surface area contributed by atoms with Crippen LogP contribution in [0.3, 0.4) is 0 Å². The second-order valence-corrected chi connectivity index (χ2v) is 7.97. The molecule has 4 nitrogen and oxygen atoms in total. The van der Waals surface area contributed by atoms with Crippen LogP contribution in [0, 0.1) is 11.8 Å². The van der Waals surface area contributed by atoms with Crippen LogP contribution in [-0.4, -0.2) is 34.3 Å². The van der Waals surface area contributed by atoms with Crippen LogP contribution in [-0.2, 0) is 4.74 Å². The van der Waals surface area contributed by atoms with Gasteiger partial charge in [-0.05, 0) is 46.0 Å². The van der Waals surface area contributed by atoms with Crippen LogP contribution in [0.2, 0.25) is 0 Å². The maximum absolute atomic E-state index is 12.4. The van der Waals surface area contributed by atoms with E-state index in [1.54, 1.807) is 5.92 Å². The molecule has 1 unspecified atom stereocenters. The van der Waals surface area contributed by atoms with Crippen LogP contribution >= 0.6 is 15.9 Å². The topological polar surface area (TPSA) is 58.6 Å². The third kappa shape index (κ3) is 19.3. The van der Waals surface area contributed by atoms with Gasteiger partial charge in [-0.15, -0.1) is 0 Å². The summed E-state index contributed by atoms with van der Waals surface area (Å²) in [5, 5.41) is 12.2. The largest absolute Gasteiger partial charge is 0.444 e. The van der Waals surface area contributed by atoms with Gasteiger partial charge in [-0.3, -0.25) is 0 Å². The summed E-state index contributed by atoms with van der Waals surface area (Å²) in [5.41, 5.74) is -0.474. The summed E-state index contributed by atoms with van der Waals surface area (Å²) >= 11 is 2.11. The number of unbranched alkanes of at least 4 members (excludes halogenated alkanes) is 6. The third-order valence-electron chi connectivity index (χ3n) is 3.20. The Morgan fingerprint density at radius 1 is 1.12 bits per heavy atom. The lowest BCUT2D eigenvalue weighted by atomic mass is 10.1. The molecule has 0 aliphatic carbocycles. The van der Waals surface area contributed by atoms with Crippen molar-refractivity contribution in [2.75, 3.05) is 6.54 Å². The highest BCUT2D eigenvalue weighted by atomic mass is 79.9. The average Bonchev–Trinajstić information content (AvgIpc) is 2.44. The zero-order valence-corrected chi connectivity index (χ0v) is 16.9. The predicted octanol–water partition coefficient (Wildman–Crippen LogP) is 4.98. The molecule has 146 valence electrons. The number of aliphatic hydroxyl groups excluding tert-OH is 1. The second kappa shape index (κ2) is 12.5. The van der Waals surface area contributed by atoms with Crippen molar-refractivity contribution >= 4 is 22.0 Å². The number of halogens is 3. The Labute approximate surface area is 158 Å². The normalized spacial score (nSPS) is 12.9. The fraction of sp³-hybridized carbons (Fsp3) is 0.833. The Morgan fingerprint density at radius 3 is 2.16 bits per heavy atom. The molecule has 0 spiro atoms. The number of hydrogen-bond donors (Lipinski definition) is 2. The first-order valence-electron chi connectivity index (χ1n) is 8.74. The number of carbonyl (C=O) groups excluding carboxylic acids is 1. The molecular weight excluding hydrogens is 396 g/mol. The molecular formula is C18H30BrF2NO3. The SMILES string of the molecule is CC(C)(C)OC(=O)NCCCCCCCCCC(O)C#CC(F)(F)Br. The minimum atomic E-state index is -3.23. The summed E-state index contributed by atoms with van der Waals surface area (Å²) in [5.74, 6) is 3.80. The predicted molar refractivity (Wildman–Crippen MR) is 98.8 cm³/mol. The molecule has 0 aliphatic heterocycles. The van der Waals surface area contributed by atoms with Crippen LogP contribution in [0.4, 0.5) is 13.6 Å². The summed E-state index contributed by atoms with van der Waals surface area (Å²) in [7, 11) is 0. The number of nitrogens with one attached hydrogen (secondary N) is 1. The van der Waals surface area contributed by atoms with E-state index in [4.69, 9.17) is 4.74 Å². The molecule has 0 rings (SSSR count). The van der Waals surface area contributed by atoms with Gasteiger partial charge in [0.05, 0.1) is 0 Å². The van der Waals surface area contributed by atoms with Gasteiger partial charge in [-0.25, -0.2) is 4.79 Å². The molecule has 25 heavy (non-hydrogen) atoms. The molecule has 2 N–H and O–H groups in total. The van der Waals surface area contributed by atoms with E-state index in [0.29, 0.717) is 13.0 Å². The fourth-order valence-electron chi connectivity index (χ4n) is 2.09. The van der Waals surface area contributed by atoms with Gasteiger partial charge < -0.3 is 15.2 Å². The molecule has 0 fully saturated rings. The molecule has 0 heterocycles. The summed E-state index contributed by atoms with van der Waals surface area (Å²) < 4.78 is 30.0. The summed E-state index contributed by atoms with van der Waals surface area (Å²) in [6, 6.07) is 0. The Kier molecular flexibility index (Phi) is 12.0. The van der Waals surface area contributed by atoms with E-state index in [-0.39, 0.29) is 6.09 Å². The first-order chi connectivity index (χ1) is 11.5.